The molecule has 1 atom stereocenters. The zero-order chi connectivity index (χ0) is 12.5. The average molecular weight is 239 g/mol. The molecule has 1 amide bonds. The number of likely N-dealkylation sites (N-methyl/N-ethyl adjacent to an activating group) is 1. The fourth-order valence-corrected chi connectivity index (χ4v) is 1.75. The second kappa shape index (κ2) is 8.29. The van der Waals surface area contributed by atoms with E-state index in [1.165, 1.54) is 32.1 Å². The van der Waals surface area contributed by atoms with E-state index in [4.69, 9.17) is 4.74 Å². The second-order valence-electron chi connectivity index (χ2n) is 4.78. The van der Waals surface area contributed by atoms with Gasteiger partial charge in [0.1, 0.15) is 0 Å². The molecule has 3 heteroatoms. The van der Waals surface area contributed by atoms with Crippen molar-refractivity contribution >= 4 is 5.91 Å². The number of amides is 1. The molecule has 17 heavy (non-hydrogen) atoms. The van der Waals surface area contributed by atoms with Crippen molar-refractivity contribution in [3.63, 3.8) is 0 Å². The van der Waals surface area contributed by atoms with E-state index in [-0.39, 0.29) is 12.0 Å². The third-order valence-corrected chi connectivity index (χ3v) is 2.99. The van der Waals surface area contributed by atoms with E-state index < -0.39 is 0 Å². The van der Waals surface area contributed by atoms with E-state index in [0.717, 1.165) is 19.6 Å². The maximum Gasteiger partial charge on any atom is 0.246 e. The molecular weight excluding hydrogens is 214 g/mol. The molecule has 1 saturated heterocycles. The molecule has 0 aromatic heterocycles. The fraction of sp³-hybridized carbons (Fsp3) is 0.786. The van der Waals surface area contributed by atoms with Crippen molar-refractivity contribution in [1.29, 1.82) is 0 Å². The Kier molecular flexibility index (Phi) is 6.94. The monoisotopic (exact) mass is 239 g/mol. The van der Waals surface area contributed by atoms with Crippen molar-refractivity contribution in [2.45, 2.75) is 51.6 Å². The molecule has 1 unspecified atom stereocenters. The van der Waals surface area contributed by atoms with Crippen molar-refractivity contribution in [2.24, 2.45) is 0 Å². The van der Waals surface area contributed by atoms with Gasteiger partial charge in [-0.2, -0.15) is 0 Å². The van der Waals surface area contributed by atoms with Gasteiger partial charge in [-0.1, -0.05) is 38.7 Å². The van der Waals surface area contributed by atoms with Gasteiger partial charge in [-0.15, -0.1) is 0 Å². The molecule has 3 nitrogen and oxygen atoms in total. The fourth-order valence-electron chi connectivity index (χ4n) is 1.75. The van der Waals surface area contributed by atoms with Crippen LogP contribution in [0.3, 0.4) is 0 Å². The van der Waals surface area contributed by atoms with Gasteiger partial charge >= 0.3 is 0 Å². The lowest BCUT2D eigenvalue weighted by Gasteiger charge is -2.12. The molecule has 0 N–H and O–H groups in total. The van der Waals surface area contributed by atoms with E-state index >= 15 is 0 Å². The van der Waals surface area contributed by atoms with E-state index in [2.05, 4.69) is 6.92 Å². The van der Waals surface area contributed by atoms with Gasteiger partial charge in [0.25, 0.3) is 0 Å². The zero-order valence-electron chi connectivity index (χ0n) is 11.2. The highest BCUT2D eigenvalue weighted by molar-refractivity contribution is 5.87. The van der Waals surface area contributed by atoms with Crippen LogP contribution in [0, 0.1) is 0 Å². The van der Waals surface area contributed by atoms with Gasteiger partial charge in [-0.25, -0.2) is 0 Å². The predicted octanol–water partition coefficient (Wildman–Crippen LogP) is 2.76. The van der Waals surface area contributed by atoms with Crippen LogP contribution in [0.2, 0.25) is 0 Å². The van der Waals surface area contributed by atoms with Crippen molar-refractivity contribution in [3.05, 3.63) is 12.2 Å². The molecule has 0 radical (unpaired) electrons. The Morgan fingerprint density at radius 1 is 1.35 bits per heavy atom. The zero-order valence-corrected chi connectivity index (χ0v) is 11.2. The first-order chi connectivity index (χ1) is 8.24. The van der Waals surface area contributed by atoms with Crippen LogP contribution in [0.1, 0.15) is 45.4 Å². The highest BCUT2D eigenvalue weighted by atomic mass is 16.6. The number of hydrogen-bond acceptors (Lipinski definition) is 2. The number of rotatable bonds is 9. The summed E-state index contributed by atoms with van der Waals surface area (Å²) in [5.74, 6) is 0.0917. The normalized spacial score (nSPS) is 18.6. The first-order valence-corrected chi connectivity index (χ1v) is 6.77. The number of carbonyl (C=O) groups excluding carboxylic acids is 1. The van der Waals surface area contributed by atoms with Gasteiger partial charge in [0, 0.05) is 13.6 Å². The molecule has 1 aliphatic rings. The highest BCUT2D eigenvalue weighted by Crippen LogP contribution is 2.10. The molecule has 0 saturated carbocycles. The quantitative estimate of drug-likeness (QED) is 0.352. The van der Waals surface area contributed by atoms with Gasteiger partial charge in [-0.3, -0.25) is 4.79 Å². The van der Waals surface area contributed by atoms with Crippen LogP contribution in [0.4, 0.5) is 0 Å². The van der Waals surface area contributed by atoms with Crippen LogP contribution in [0.25, 0.3) is 0 Å². The summed E-state index contributed by atoms with van der Waals surface area (Å²) in [6.45, 7) is 3.75. The van der Waals surface area contributed by atoms with Crippen LogP contribution in [-0.4, -0.2) is 37.1 Å². The molecule has 0 aromatic carbocycles. The first-order valence-electron chi connectivity index (χ1n) is 6.77. The summed E-state index contributed by atoms with van der Waals surface area (Å²) in [5, 5.41) is 0. The topological polar surface area (TPSA) is 32.8 Å². The Balaban J connectivity index is 2.00. The predicted molar refractivity (Wildman–Crippen MR) is 69.9 cm³/mol. The van der Waals surface area contributed by atoms with Gasteiger partial charge in [0.15, 0.2) is 0 Å². The Labute approximate surface area is 105 Å². The molecule has 1 fully saturated rings. The summed E-state index contributed by atoms with van der Waals surface area (Å²) in [4.78, 5) is 13.4. The summed E-state index contributed by atoms with van der Waals surface area (Å²) in [6, 6.07) is 0. The lowest BCUT2D eigenvalue weighted by molar-refractivity contribution is -0.125. The Morgan fingerprint density at radius 2 is 2.06 bits per heavy atom. The number of nitrogens with zero attached hydrogens (tertiary/aromatic N) is 1. The lowest BCUT2D eigenvalue weighted by Crippen LogP contribution is -2.28. The van der Waals surface area contributed by atoms with E-state index in [0.29, 0.717) is 0 Å². The first kappa shape index (κ1) is 14.2. The van der Waals surface area contributed by atoms with E-state index in [9.17, 15) is 4.79 Å². The lowest BCUT2D eigenvalue weighted by atomic mass is 10.1. The minimum Gasteiger partial charge on any atom is -0.371 e. The van der Waals surface area contributed by atoms with Crippen LogP contribution in [-0.2, 0) is 9.53 Å². The maximum absolute atomic E-state index is 11.6. The second-order valence-corrected chi connectivity index (χ2v) is 4.78. The summed E-state index contributed by atoms with van der Waals surface area (Å²) in [6.07, 6.45) is 11.4. The Bertz CT molecular complexity index is 247. The number of epoxide rings is 1. The van der Waals surface area contributed by atoms with Gasteiger partial charge in [-0.05, 0) is 18.9 Å². The molecular formula is C14H25NO2. The number of hydrogen-bond donors (Lipinski definition) is 0. The van der Waals surface area contributed by atoms with Crippen molar-refractivity contribution in [2.75, 3.05) is 20.2 Å². The molecule has 0 aromatic rings. The summed E-state index contributed by atoms with van der Waals surface area (Å²) in [7, 11) is 1.83. The number of allylic oxidation sites excluding steroid dienone is 1. The van der Waals surface area contributed by atoms with E-state index in [1.54, 1.807) is 11.0 Å². The molecule has 98 valence electrons. The molecule has 1 heterocycles. The molecule has 1 aliphatic heterocycles. The number of carbonyl (C=O) groups is 1. The van der Waals surface area contributed by atoms with Gasteiger partial charge < -0.3 is 9.64 Å². The largest absolute Gasteiger partial charge is 0.371 e. The minimum atomic E-state index is 0.0917. The number of ether oxygens (including phenoxy) is 1. The van der Waals surface area contributed by atoms with Gasteiger partial charge in [0.2, 0.25) is 5.91 Å². The summed E-state index contributed by atoms with van der Waals surface area (Å²) in [5.41, 5.74) is 0. The third kappa shape index (κ3) is 7.16. The third-order valence-electron chi connectivity index (χ3n) is 2.99. The molecule has 0 spiro atoms. The molecule has 0 aliphatic carbocycles. The van der Waals surface area contributed by atoms with Crippen LogP contribution in [0.5, 0.6) is 0 Å². The standard InChI is InChI=1S/C14H25NO2/c1-3-4-5-6-7-8-9-10-14(16)15(2)11-13-12-17-13/h9-10,13H,3-8,11-12H2,1-2H3/b10-9+. The van der Waals surface area contributed by atoms with Crippen molar-refractivity contribution in [1.82, 2.24) is 4.90 Å². The molecule has 1 rings (SSSR count). The smallest absolute Gasteiger partial charge is 0.246 e. The minimum absolute atomic E-state index is 0.0917. The highest BCUT2D eigenvalue weighted by Gasteiger charge is 2.25. The van der Waals surface area contributed by atoms with Crippen LogP contribution < -0.4 is 0 Å². The SMILES string of the molecule is CCCCCCC/C=C/C(=O)N(C)CC1CO1. The summed E-state index contributed by atoms with van der Waals surface area (Å²) >= 11 is 0. The Hall–Kier alpha value is -0.830. The van der Waals surface area contributed by atoms with Gasteiger partial charge in [0.05, 0.1) is 12.7 Å². The average Bonchev–Trinajstić information content (AvgIpc) is 3.11. The summed E-state index contributed by atoms with van der Waals surface area (Å²) < 4.78 is 5.09. The van der Waals surface area contributed by atoms with Crippen molar-refractivity contribution < 1.29 is 9.53 Å². The maximum atomic E-state index is 11.6. The van der Waals surface area contributed by atoms with E-state index in [1.807, 2.05) is 13.1 Å². The number of unbranched alkanes of at least 4 members (excludes halogenated alkanes) is 5. The van der Waals surface area contributed by atoms with Crippen LogP contribution in [0.15, 0.2) is 12.2 Å². The Morgan fingerprint density at radius 3 is 2.71 bits per heavy atom. The molecule has 0 bridgehead atoms. The van der Waals surface area contributed by atoms with Crippen molar-refractivity contribution in [3.8, 4) is 0 Å². The van der Waals surface area contributed by atoms with Crippen LogP contribution >= 0.6 is 0 Å².